The second-order valence-electron chi connectivity index (χ2n) is 6.79. The number of ether oxygens (including phenoxy) is 1. The van der Waals surface area contributed by atoms with Gasteiger partial charge in [-0.05, 0) is 50.8 Å². The van der Waals surface area contributed by atoms with Crippen LogP contribution >= 0.6 is 11.6 Å². The molecule has 0 saturated heterocycles. The molecule has 0 aliphatic carbocycles. The SMILES string of the molecule is CC(CC(O)Cl)C(C(=O)NNC(=O)OC(C)(C)C)c1ccc(F)cc1.[Cl-].[Li+]. The molecule has 6 nitrogen and oxygen atoms in total. The number of nitrogens with one attached hydrogen (secondary N) is 2. The molecule has 0 aromatic heterocycles. The molecule has 3 unspecified atom stereocenters. The Hall–Kier alpha value is -0.973. The normalized spacial score (nSPS) is 13.9. The summed E-state index contributed by atoms with van der Waals surface area (Å²) >= 11 is 5.61. The van der Waals surface area contributed by atoms with Gasteiger partial charge in [-0.1, -0.05) is 30.7 Å². The Kier molecular flexibility index (Phi) is 13.1. The van der Waals surface area contributed by atoms with Crippen molar-refractivity contribution in [2.24, 2.45) is 5.92 Å². The minimum atomic E-state index is -1.12. The van der Waals surface area contributed by atoms with E-state index in [0.717, 1.165) is 0 Å². The van der Waals surface area contributed by atoms with Crippen molar-refractivity contribution in [3.05, 3.63) is 35.6 Å². The third kappa shape index (κ3) is 10.8. The Morgan fingerprint density at radius 3 is 2.19 bits per heavy atom. The van der Waals surface area contributed by atoms with Crippen LogP contribution in [-0.4, -0.2) is 28.3 Å². The van der Waals surface area contributed by atoms with E-state index in [0.29, 0.717) is 5.56 Å². The van der Waals surface area contributed by atoms with Crippen LogP contribution in [0.2, 0.25) is 0 Å². The number of aliphatic hydroxyl groups is 1. The van der Waals surface area contributed by atoms with Gasteiger partial charge in [-0.2, -0.15) is 0 Å². The molecular formula is C17H24Cl2FLiN2O4. The van der Waals surface area contributed by atoms with Crippen LogP contribution in [0.3, 0.4) is 0 Å². The van der Waals surface area contributed by atoms with Gasteiger partial charge in [-0.3, -0.25) is 10.2 Å². The molecule has 0 radical (unpaired) electrons. The number of halogens is 3. The average Bonchev–Trinajstić information content (AvgIpc) is 2.45. The third-order valence-corrected chi connectivity index (χ3v) is 3.51. The molecule has 0 heterocycles. The summed E-state index contributed by atoms with van der Waals surface area (Å²) in [6.45, 7) is 6.81. The topological polar surface area (TPSA) is 87.7 Å². The summed E-state index contributed by atoms with van der Waals surface area (Å²) in [5, 5.41) is 9.37. The van der Waals surface area contributed by atoms with Crippen molar-refractivity contribution in [1.29, 1.82) is 0 Å². The van der Waals surface area contributed by atoms with E-state index in [2.05, 4.69) is 10.9 Å². The van der Waals surface area contributed by atoms with Crippen molar-refractivity contribution in [2.45, 2.75) is 51.2 Å². The van der Waals surface area contributed by atoms with Gasteiger partial charge < -0.3 is 22.3 Å². The molecule has 1 rings (SSSR count). The molecule has 3 N–H and O–H groups in total. The van der Waals surface area contributed by atoms with Crippen LogP contribution in [0.25, 0.3) is 0 Å². The Balaban J connectivity index is 0. The van der Waals surface area contributed by atoms with E-state index in [1.165, 1.54) is 24.3 Å². The minimum absolute atomic E-state index is 0. The van der Waals surface area contributed by atoms with Gasteiger partial charge in [0.25, 0.3) is 0 Å². The average molecular weight is 417 g/mol. The fraction of sp³-hybridized carbons (Fsp3) is 0.529. The summed E-state index contributed by atoms with van der Waals surface area (Å²) < 4.78 is 18.2. The largest absolute Gasteiger partial charge is 1.00 e. The van der Waals surface area contributed by atoms with Crippen molar-refractivity contribution < 1.29 is 55.1 Å². The van der Waals surface area contributed by atoms with E-state index in [9.17, 15) is 19.1 Å². The Labute approximate surface area is 182 Å². The number of carbonyl (C=O) groups is 2. The number of benzene rings is 1. The second kappa shape index (κ2) is 12.5. The predicted molar refractivity (Wildman–Crippen MR) is 92.3 cm³/mol. The summed E-state index contributed by atoms with van der Waals surface area (Å²) in [7, 11) is 0. The Morgan fingerprint density at radius 2 is 1.74 bits per heavy atom. The maximum Gasteiger partial charge on any atom is 1.00 e. The van der Waals surface area contributed by atoms with Crippen molar-refractivity contribution in [1.82, 2.24) is 10.9 Å². The molecule has 1 aromatic carbocycles. The Bertz CT molecular complexity index is 598. The first-order valence-electron chi connectivity index (χ1n) is 7.86. The number of carbonyl (C=O) groups excluding carboxylic acids is 2. The van der Waals surface area contributed by atoms with Crippen molar-refractivity contribution in [3.8, 4) is 0 Å². The molecule has 0 bridgehead atoms. The minimum Gasteiger partial charge on any atom is -1.00 e. The molecule has 0 fully saturated rings. The zero-order chi connectivity index (χ0) is 19.2. The molecule has 27 heavy (non-hydrogen) atoms. The summed E-state index contributed by atoms with van der Waals surface area (Å²) in [6, 6.07) is 5.43. The number of hydrazine groups is 1. The zero-order valence-corrected chi connectivity index (χ0v) is 17.6. The number of alkyl halides is 1. The van der Waals surface area contributed by atoms with E-state index in [4.69, 9.17) is 16.3 Å². The van der Waals surface area contributed by atoms with Gasteiger partial charge in [0.2, 0.25) is 5.91 Å². The number of hydrogen-bond acceptors (Lipinski definition) is 4. The summed E-state index contributed by atoms with van der Waals surface area (Å²) in [4.78, 5) is 24.2. The first-order valence-corrected chi connectivity index (χ1v) is 8.29. The number of hydrogen-bond donors (Lipinski definition) is 3. The maximum atomic E-state index is 13.1. The summed E-state index contributed by atoms with van der Waals surface area (Å²) in [5.74, 6) is -2.07. The molecule has 0 spiro atoms. The van der Waals surface area contributed by atoms with Crippen LogP contribution in [0.4, 0.5) is 9.18 Å². The second-order valence-corrected chi connectivity index (χ2v) is 7.30. The maximum absolute atomic E-state index is 13.1. The Morgan fingerprint density at radius 1 is 1.22 bits per heavy atom. The molecule has 3 atom stereocenters. The van der Waals surface area contributed by atoms with Crippen LogP contribution in [0.1, 0.15) is 45.6 Å². The molecule has 0 aliphatic rings. The fourth-order valence-corrected chi connectivity index (χ4v) is 2.63. The standard InChI is InChI=1S/C17H24ClFN2O4.ClH.Li/c1-10(9-13(18)22)14(11-5-7-12(19)8-6-11)15(23)20-21-16(24)25-17(2,3)4;;/h5-8,10,13-14,22H,9H2,1-4H3,(H,20,23)(H,21,24);1H;/q;;+1/p-1. The molecule has 0 saturated carbocycles. The van der Waals surface area contributed by atoms with E-state index >= 15 is 0 Å². The van der Waals surface area contributed by atoms with E-state index in [-0.39, 0.29) is 43.6 Å². The third-order valence-electron chi connectivity index (χ3n) is 3.33. The van der Waals surface area contributed by atoms with E-state index in [1.807, 2.05) is 0 Å². The van der Waals surface area contributed by atoms with Crippen LogP contribution in [0.15, 0.2) is 24.3 Å². The van der Waals surface area contributed by atoms with Crippen LogP contribution in [-0.2, 0) is 9.53 Å². The molecule has 148 valence electrons. The zero-order valence-electron chi connectivity index (χ0n) is 16.1. The van der Waals surface area contributed by atoms with E-state index < -0.39 is 34.9 Å². The smallest absolute Gasteiger partial charge is 1.00 e. The van der Waals surface area contributed by atoms with Crippen molar-refractivity contribution in [2.75, 3.05) is 0 Å². The molecule has 0 aliphatic heterocycles. The van der Waals surface area contributed by atoms with Gasteiger partial charge in [0, 0.05) is 0 Å². The fourth-order valence-electron chi connectivity index (χ4n) is 2.35. The van der Waals surface area contributed by atoms with E-state index in [1.54, 1.807) is 27.7 Å². The first kappa shape index (κ1) is 28.2. The van der Waals surface area contributed by atoms with Gasteiger partial charge in [-0.15, -0.1) is 0 Å². The van der Waals surface area contributed by atoms with Crippen molar-refractivity contribution in [3.63, 3.8) is 0 Å². The van der Waals surface area contributed by atoms with Gasteiger partial charge in [0.05, 0.1) is 5.92 Å². The monoisotopic (exact) mass is 416 g/mol. The summed E-state index contributed by atoms with van der Waals surface area (Å²) in [6.07, 6.45) is -0.660. The molecular weight excluding hydrogens is 393 g/mol. The van der Waals surface area contributed by atoms with Gasteiger partial charge in [0.1, 0.15) is 17.0 Å². The first-order chi connectivity index (χ1) is 11.5. The van der Waals surface area contributed by atoms with Crippen molar-refractivity contribution >= 4 is 23.6 Å². The molecule has 10 heteroatoms. The van der Waals surface area contributed by atoms with Crippen LogP contribution in [0.5, 0.6) is 0 Å². The predicted octanol–water partition coefficient (Wildman–Crippen LogP) is -2.94. The van der Waals surface area contributed by atoms with Crippen LogP contribution < -0.4 is 42.1 Å². The van der Waals surface area contributed by atoms with Gasteiger partial charge >= 0.3 is 25.0 Å². The molecule has 2 amide bonds. The van der Waals surface area contributed by atoms with Gasteiger partial charge in [-0.25, -0.2) is 14.6 Å². The molecule has 1 aromatic rings. The number of aliphatic hydroxyl groups excluding tert-OH is 1. The van der Waals surface area contributed by atoms with Gasteiger partial charge in [0.15, 0.2) is 0 Å². The number of amides is 2. The van der Waals surface area contributed by atoms with Crippen LogP contribution in [0, 0.1) is 11.7 Å². The number of rotatable bonds is 5. The quantitative estimate of drug-likeness (QED) is 0.272. The summed E-state index contributed by atoms with van der Waals surface area (Å²) in [5.41, 5.74) is 3.18.